The van der Waals surface area contributed by atoms with Gasteiger partial charge in [0.05, 0.1) is 6.61 Å². The largest absolute Gasteiger partial charge is 0.462 e. The van der Waals surface area contributed by atoms with Crippen LogP contribution >= 0.6 is 0 Å². The molecule has 0 aliphatic heterocycles. The number of esters is 1. The summed E-state index contributed by atoms with van der Waals surface area (Å²) in [6.45, 7) is 3.86. The Labute approximate surface area is 101 Å². The maximum Gasteiger partial charge on any atom is 0.341 e. The Morgan fingerprint density at radius 2 is 1.82 bits per heavy atom. The van der Waals surface area contributed by atoms with Crippen LogP contribution in [0.4, 0.5) is 0 Å². The Hall–Kier alpha value is -1.90. The van der Waals surface area contributed by atoms with Crippen LogP contribution in [0, 0.1) is 0 Å². The van der Waals surface area contributed by atoms with Crippen molar-refractivity contribution in [1.82, 2.24) is 0 Å². The van der Waals surface area contributed by atoms with Gasteiger partial charge in [-0.1, -0.05) is 43.3 Å². The number of rotatable bonds is 5. The molecule has 0 spiro atoms. The second-order valence-corrected chi connectivity index (χ2v) is 3.44. The average molecular weight is 232 g/mol. The van der Waals surface area contributed by atoms with E-state index in [0.717, 1.165) is 0 Å². The van der Waals surface area contributed by atoms with Crippen LogP contribution in [0.3, 0.4) is 0 Å². The molecule has 0 saturated heterocycles. The van der Waals surface area contributed by atoms with Crippen molar-refractivity contribution >= 4 is 11.8 Å². The number of carbonyl (C=O) groups is 2. The first-order valence-electron chi connectivity index (χ1n) is 5.67. The molecule has 1 aromatic rings. The van der Waals surface area contributed by atoms with Gasteiger partial charge in [-0.2, -0.15) is 0 Å². The summed E-state index contributed by atoms with van der Waals surface area (Å²) in [5.74, 6) is -0.839. The second kappa shape index (κ2) is 6.63. The van der Waals surface area contributed by atoms with Crippen molar-refractivity contribution in [3.8, 4) is 0 Å². The van der Waals surface area contributed by atoms with Crippen LogP contribution in [0.25, 0.3) is 0 Å². The molecule has 0 atom stereocenters. The SMILES string of the molecule is CC/C=C(/C(=O)OCC)C(=O)c1ccccc1. The predicted molar refractivity (Wildman–Crippen MR) is 65.8 cm³/mol. The molecule has 0 radical (unpaired) electrons. The Bertz CT molecular complexity index is 418. The van der Waals surface area contributed by atoms with Gasteiger partial charge in [-0.3, -0.25) is 4.79 Å². The summed E-state index contributed by atoms with van der Waals surface area (Å²) in [7, 11) is 0. The molecule has 3 heteroatoms. The molecule has 0 N–H and O–H groups in total. The number of carbonyl (C=O) groups excluding carboxylic acids is 2. The number of ketones is 1. The molecule has 0 fully saturated rings. The van der Waals surface area contributed by atoms with Crippen LogP contribution in [0.5, 0.6) is 0 Å². The molecular weight excluding hydrogens is 216 g/mol. The number of hydrogen-bond donors (Lipinski definition) is 0. The van der Waals surface area contributed by atoms with Gasteiger partial charge in [0.2, 0.25) is 0 Å². The van der Waals surface area contributed by atoms with Crippen molar-refractivity contribution in [3.05, 3.63) is 47.5 Å². The molecule has 0 aliphatic rings. The van der Waals surface area contributed by atoms with Crippen LogP contribution in [-0.2, 0) is 9.53 Å². The van der Waals surface area contributed by atoms with Gasteiger partial charge >= 0.3 is 5.97 Å². The van der Waals surface area contributed by atoms with Crippen molar-refractivity contribution < 1.29 is 14.3 Å². The summed E-state index contributed by atoms with van der Waals surface area (Å²) in [6, 6.07) is 8.73. The van der Waals surface area contributed by atoms with Crippen molar-refractivity contribution in [2.45, 2.75) is 20.3 Å². The Balaban J connectivity index is 2.97. The van der Waals surface area contributed by atoms with E-state index in [1.165, 1.54) is 0 Å². The Morgan fingerprint density at radius 3 is 2.35 bits per heavy atom. The van der Waals surface area contributed by atoms with E-state index < -0.39 is 5.97 Å². The molecule has 0 aromatic heterocycles. The molecular formula is C14H16O3. The van der Waals surface area contributed by atoms with Crippen LogP contribution in [-0.4, -0.2) is 18.4 Å². The maximum atomic E-state index is 12.1. The molecule has 0 unspecified atom stereocenters. The number of ether oxygens (including phenoxy) is 1. The first-order chi connectivity index (χ1) is 8.20. The van der Waals surface area contributed by atoms with E-state index >= 15 is 0 Å². The zero-order valence-corrected chi connectivity index (χ0v) is 10.1. The number of benzene rings is 1. The lowest BCUT2D eigenvalue weighted by molar-refractivity contribution is -0.138. The lowest BCUT2D eigenvalue weighted by Crippen LogP contribution is -2.16. The fourth-order valence-electron chi connectivity index (χ4n) is 1.43. The highest BCUT2D eigenvalue weighted by molar-refractivity contribution is 6.24. The van der Waals surface area contributed by atoms with Gasteiger partial charge in [0, 0.05) is 5.56 Å². The molecule has 90 valence electrons. The highest BCUT2D eigenvalue weighted by Gasteiger charge is 2.19. The van der Waals surface area contributed by atoms with E-state index in [2.05, 4.69) is 0 Å². The zero-order chi connectivity index (χ0) is 12.7. The predicted octanol–water partition coefficient (Wildman–Crippen LogP) is 2.77. The summed E-state index contributed by atoms with van der Waals surface area (Å²) >= 11 is 0. The third kappa shape index (κ3) is 3.55. The van der Waals surface area contributed by atoms with E-state index in [9.17, 15) is 9.59 Å². The summed E-state index contributed by atoms with van der Waals surface area (Å²) < 4.78 is 4.87. The normalized spacial score (nSPS) is 11.1. The van der Waals surface area contributed by atoms with Gasteiger partial charge in [0.25, 0.3) is 0 Å². The first-order valence-corrected chi connectivity index (χ1v) is 5.67. The van der Waals surface area contributed by atoms with Crippen LogP contribution < -0.4 is 0 Å². The number of Topliss-reactive ketones (excluding diaryl/α,β-unsaturated/α-hetero) is 1. The quantitative estimate of drug-likeness (QED) is 0.258. The second-order valence-electron chi connectivity index (χ2n) is 3.44. The van der Waals surface area contributed by atoms with Gasteiger partial charge in [0.15, 0.2) is 5.78 Å². The van der Waals surface area contributed by atoms with Gasteiger partial charge < -0.3 is 4.74 Å². The smallest absolute Gasteiger partial charge is 0.341 e. The number of hydrogen-bond acceptors (Lipinski definition) is 3. The Kier molecular flexibility index (Phi) is 5.14. The van der Waals surface area contributed by atoms with Crippen molar-refractivity contribution in [1.29, 1.82) is 0 Å². The molecule has 0 saturated carbocycles. The van der Waals surface area contributed by atoms with Crippen molar-refractivity contribution in [3.63, 3.8) is 0 Å². The highest BCUT2D eigenvalue weighted by atomic mass is 16.5. The summed E-state index contributed by atoms with van der Waals surface area (Å²) in [4.78, 5) is 23.7. The third-order valence-corrected chi connectivity index (χ3v) is 2.18. The van der Waals surface area contributed by atoms with Crippen molar-refractivity contribution in [2.75, 3.05) is 6.61 Å². The summed E-state index contributed by atoms with van der Waals surface area (Å²) in [5.41, 5.74) is 0.612. The topological polar surface area (TPSA) is 43.4 Å². The Morgan fingerprint density at radius 1 is 1.18 bits per heavy atom. The van der Waals surface area contributed by atoms with Crippen LogP contribution in [0.15, 0.2) is 42.0 Å². The van der Waals surface area contributed by atoms with Gasteiger partial charge in [-0.05, 0) is 13.3 Å². The van der Waals surface area contributed by atoms with E-state index in [-0.39, 0.29) is 18.0 Å². The first kappa shape index (κ1) is 13.2. The molecule has 0 heterocycles. The highest BCUT2D eigenvalue weighted by Crippen LogP contribution is 2.11. The molecule has 0 bridgehead atoms. The third-order valence-electron chi connectivity index (χ3n) is 2.18. The summed E-state index contributed by atoms with van der Waals surface area (Å²) in [6.07, 6.45) is 2.22. The molecule has 0 aliphatic carbocycles. The minimum absolute atomic E-state index is 0.112. The lowest BCUT2D eigenvalue weighted by atomic mass is 10.0. The van der Waals surface area contributed by atoms with E-state index in [1.54, 1.807) is 37.3 Å². The molecule has 3 nitrogen and oxygen atoms in total. The van der Waals surface area contributed by atoms with Crippen molar-refractivity contribution in [2.24, 2.45) is 0 Å². The minimum atomic E-state index is -0.553. The van der Waals surface area contributed by atoms with Gasteiger partial charge in [-0.15, -0.1) is 0 Å². The van der Waals surface area contributed by atoms with Gasteiger partial charge in [0.1, 0.15) is 5.57 Å². The summed E-state index contributed by atoms with van der Waals surface area (Å²) in [5, 5.41) is 0. The average Bonchev–Trinajstić information content (AvgIpc) is 2.36. The minimum Gasteiger partial charge on any atom is -0.462 e. The molecule has 0 amide bonds. The molecule has 17 heavy (non-hydrogen) atoms. The maximum absolute atomic E-state index is 12.1. The van der Waals surface area contributed by atoms with E-state index in [4.69, 9.17) is 4.74 Å². The fraction of sp³-hybridized carbons (Fsp3) is 0.286. The molecule has 1 rings (SSSR count). The van der Waals surface area contributed by atoms with Crippen LogP contribution in [0.1, 0.15) is 30.6 Å². The fourth-order valence-corrected chi connectivity index (χ4v) is 1.43. The molecule has 1 aromatic carbocycles. The van der Waals surface area contributed by atoms with Crippen LogP contribution in [0.2, 0.25) is 0 Å². The monoisotopic (exact) mass is 232 g/mol. The van der Waals surface area contributed by atoms with E-state index in [1.807, 2.05) is 13.0 Å². The lowest BCUT2D eigenvalue weighted by Gasteiger charge is -2.05. The van der Waals surface area contributed by atoms with E-state index in [0.29, 0.717) is 12.0 Å². The zero-order valence-electron chi connectivity index (χ0n) is 10.1. The number of allylic oxidation sites excluding steroid dienone is 1. The van der Waals surface area contributed by atoms with Gasteiger partial charge in [-0.25, -0.2) is 4.79 Å². The standard InChI is InChI=1S/C14H16O3/c1-3-8-12(14(16)17-4-2)13(15)11-9-6-5-7-10-11/h5-10H,3-4H2,1-2H3/b12-8+.